The first kappa shape index (κ1) is 8.80. The molecule has 1 atom stereocenters. The summed E-state index contributed by atoms with van der Waals surface area (Å²) >= 11 is 0. The molecule has 1 unspecified atom stereocenters. The van der Waals surface area contributed by atoms with Crippen LogP contribution in [0.4, 0.5) is 13.2 Å². The van der Waals surface area contributed by atoms with Gasteiger partial charge in [-0.2, -0.15) is 13.2 Å². The lowest BCUT2D eigenvalue weighted by molar-refractivity contribution is -0.155. The molecule has 1 aliphatic rings. The normalized spacial score (nSPS) is 28.1. The van der Waals surface area contributed by atoms with Gasteiger partial charge in [0, 0.05) is 0 Å². The number of nitrogens with one attached hydrogen (secondary N) is 1. The molecular weight excluding hydrogens is 157 g/mol. The van der Waals surface area contributed by atoms with E-state index in [0.717, 1.165) is 0 Å². The predicted molar refractivity (Wildman–Crippen MR) is 35.6 cm³/mol. The molecule has 1 saturated heterocycles. The highest BCUT2D eigenvalue weighted by molar-refractivity contribution is 4.90. The summed E-state index contributed by atoms with van der Waals surface area (Å²) in [5.41, 5.74) is 0. The molecular formula is C6H10F3N2-. The Bertz CT molecular complexity index is 115. The van der Waals surface area contributed by atoms with Crippen LogP contribution in [-0.2, 0) is 0 Å². The van der Waals surface area contributed by atoms with Crippen molar-refractivity contribution in [1.29, 1.82) is 0 Å². The van der Waals surface area contributed by atoms with E-state index in [4.69, 9.17) is 0 Å². The summed E-state index contributed by atoms with van der Waals surface area (Å²) in [5, 5.41) is 6.27. The quantitative estimate of drug-likeness (QED) is 0.578. The van der Waals surface area contributed by atoms with Crippen molar-refractivity contribution in [3.63, 3.8) is 0 Å². The Morgan fingerprint density at radius 3 is 2.64 bits per heavy atom. The Kier molecular flexibility index (Phi) is 2.72. The lowest BCUT2D eigenvalue weighted by atomic mass is 10.2. The molecule has 1 aliphatic heterocycles. The van der Waals surface area contributed by atoms with Crippen LogP contribution in [0, 0.1) is 0 Å². The molecule has 0 aromatic carbocycles. The molecule has 11 heavy (non-hydrogen) atoms. The van der Waals surface area contributed by atoms with Crippen LogP contribution in [0.25, 0.3) is 5.32 Å². The fourth-order valence-electron chi connectivity index (χ4n) is 1.03. The van der Waals surface area contributed by atoms with Crippen LogP contribution in [0.15, 0.2) is 0 Å². The summed E-state index contributed by atoms with van der Waals surface area (Å²) < 4.78 is 36.1. The summed E-state index contributed by atoms with van der Waals surface area (Å²) in [6.07, 6.45) is -4.04. The van der Waals surface area contributed by atoms with E-state index < -0.39 is 12.2 Å². The highest BCUT2D eigenvalue weighted by Gasteiger charge is 2.37. The Balaban J connectivity index is 2.43. The largest absolute Gasteiger partial charge is 0.661 e. The molecule has 66 valence electrons. The first-order valence-corrected chi connectivity index (χ1v) is 3.54. The molecule has 0 saturated carbocycles. The van der Waals surface area contributed by atoms with Gasteiger partial charge >= 0.3 is 6.18 Å². The summed E-state index contributed by atoms with van der Waals surface area (Å²) in [6, 6.07) is -1.35. The SMILES string of the molecule is FC(F)(F)C1CC[N-]CCN1. The minimum Gasteiger partial charge on any atom is -0.661 e. The van der Waals surface area contributed by atoms with Crippen molar-refractivity contribution in [2.24, 2.45) is 0 Å². The number of hydrogen-bond donors (Lipinski definition) is 1. The maximum atomic E-state index is 12.0. The number of alkyl halides is 3. The van der Waals surface area contributed by atoms with Gasteiger partial charge in [-0.15, -0.1) is 13.1 Å². The van der Waals surface area contributed by atoms with Crippen molar-refractivity contribution in [2.75, 3.05) is 19.6 Å². The molecule has 1 fully saturated rings. The van der Waals surface area contributed by atoms with Gasteiger partial charge in [-0.25, -0.2) is 0 Å². The van der Waals surface area contributed by atoms with E-state index in [2.05, 4.69) is 10.6 Å². The Labute approximate surface area is 63.2 Å². The van der Waals surface area contributed by atoms with Crippen LogP contribution in [0.5, 0.6) is 0 Å². The summed E-state index contributed by atoms with van der Waals surface area (Å²) in [5.74, 6) is 0. The average molecular weight is 167 g/mol. The van der Waals surface area contributed by atoms with E-state index in [-0.39, 0.29) is 6.42 Å². The van der Waals surface area contributed by atoms with Crippen LogP contribution in [0.2, 0.25) is 0 Å². The monoisotopic (exact) mass is 167 g/mol. The topological polar surface area (TPSA) is 26.1 Å². The molecule has 1 rings (SSSR count). The molecule has 0 spiro atoms. The minimum atomic E-state index is -4.11. The molecule has 0 aromatic rings. The summed E-state index contributed by atoms with van der Waals surface area (Å²) in [4.78, 5) is 0. The van der Waals surface area contributed by atoms with Crippen molar-refractivity contribution in [3.8, 4) is 0 Å². The van der Waals surface area contributed by atoms with Gasteiger partial charge in [-0.1, -0.05) is 0 Å². The molecule has 1 N–H and O–H groups in total. The highest BCUT2D eigenvalue weighted by atomic mass is 19.4. The molecule has 0 radical (unpaired) electrons. The maximum absolute atomic E-state index is 12.0. The fraction of sp³-hybridized carbons (Fsp3) is 1.00. The highest BCUT2D eigenvalue weighted by Crippen LogP contribution is 2.23. The smallest absolute Gasteiger partial charge is 0.403 e. The lowest BCUT2D eigenvalue weighted by Gasteiger charge is -2.19. The van der Waals surface area contributed by atoms with Crippen molar-refractivity contribution >= 4 is 0 Å². The van der Waals surface area contributed by atoms with Crippen molar-refractivity contribution in [1.82, 2.24) is 5.32 Å². The second-order valence-corrected chi connectivity index (χ2v) is 2.51. The van der Waals surface area contributed by atoms with E-state index in [1.54, 1.807) is 0 Å². The van der Waals surface area contributed by atoms with Gasteiger partial charge in [-0.3, -0.25) is 0 Å². The molecule has 5 heteroatoms. The van der Waals surface area contributed by atoms with Crippen LogP contribution in [-0.4, -0.2) is 31.9 Å². The predicted octanol–water partition coefficient (Wildman–Crippen LogP) is 1.28. The van der Waals surface area contributed by atoms with E-state index in [9.17, 15) is 13.2 Å². The van der Waals surface area contributed by atoms with Crippen molar-refractivity contribution in [3.05, 3.63) is 5.32 Å². The van der Waals surface area contributed by atoms with Crippen LogP contribution in [0.1, 0.15) is 6.42 Å². The Morgan fingerprint density at radius 1 is 1.27 bits per heavy atom. The van der Waals surface area contributed by atoms with Gasteiger partial charge in [0.2, 0.25) is 0 Å². The van der Waals surface area contributed by atoms with E-state index in [1.165, 1.54) is 0 Å². The molecule has 0 aromatic heterocycles. The third kappa shape index (κ3) is 2.67. The lowest BCUT2D eigenvalue weighted by Crippen LogP contribution is -2.42. The second kappa shape index (κ2) is 3.40. The van der Waals surface area contributed by atoms with Gasteiger partial charge in [0.05, 0.1) is 0 Å². The van der Waals surface area contributed by atoms with Gasteiger partial charge < -0.3 is 10.6 Å². The molecule has 0 bridgehead atoms. The molecule has 0 aliphatic carbocycles. The van der Waals surface area contributed by atoms with Gasteiger partial charge in [-0.05, 0) is 13.0 Å². The van der Waals surface area contributed by atoms with Crippen LogP contribution in [0.3, 0.4) is 0 Å². The number of nitrogens with zero attached hydrogens (tertiary/aromatic N) is 1. The zero-order chi connectivity index (χ0) is 8.32. The molecule has 1 heterocycles. The van der Waals surface area contributed by atoms with E-state index >= 15 is 0 Å². The van der Waals surface area contributed by atoms with Gasteiger partial charge in [0.1, 0.15) is 6.04 Å². The molecule has 0 amide bonds. The second-order valence-electron chi connectivity index (χ2n) is 2.51. The van der Waals surface area contributed by atoms with E-state index in [1.807, 2.05) is 0 Å². The van der Waals surface area contributed by atoms with Gasteiger partial charge in [0.15, 0.2) is 0 Å². The first-order valence-electron chi connectivity index (χ1n) is 3.54. The van der Waals surface area contributed by atoms with Crippen LogP contribution < -0.4 is 5.32 Å². The zero-order valence-corrected chi connectivity index (χ0v) is 5.99. The molecule has 2 nitrogen and oxygen atoms in total. The average Bonchev–Trinajstić information content (AvgIpc) is 2.10. The standard InChI is InChI=1S/C6H10F3N2/c7-6(8,9)5-1-2-10-3-4-11-5/h5,11H,1-4H2/q-1. The summed E-state index contributed by atoms with van der Waals surface area (Å²) in [7, 11) is 0. The first-order chi connectivity index (χ1) is 5.11. The Morgan fingerprint density at radius 2 is 2.00 bits per heavy atom. The number of rotatable bonds is 0. The van der Waals surface area contributed by atoms with Crippen molar-refractivity contribution < 1.29 is 13.2 Å². The van der Waals surface area contributed by atoms with Crippen LogP contribution >= 0.6 is 0 Å². The van der Waals surface area contributed by atoms with Crippen molar-refractivity contribution in [2.45, 2.75) is 18.6 Å². The third-order valence-corrected chi connectivity index (χ3v) is 1.63. The number of hydrogen-bond acceptors (Lipinski definition) is 1. The Hall–Kier alpha value is -0.290. The minimum absolute atomic E-state index is 0.0729. The zero-order valence-electron chi connectivity index (χ0n) is 5.99. The third-order valence-electron chi connectivity index (χ3n) is 1.63. The summed E-state index contributed by atoms with van der Waals surface area (Å²) in [6.45, 7) is 1.15. The maximum Gasteiger partial charge on any atom is 0.403 e. The van der Waals surface area contributed by atoms with Gasteiger partial charge in [0.25, 0.3) is 0 Å². The fourth-order valence-corrected chi connectivity index (χ4v) is 1.03. The van der Waals surface area contributed by atoms with E-state index in [0.29, 0.717) is 19.6 Å². The number of halogens is 3.